The summed E-state index contributed by atoms with van der Waals surface area (Å²) in [4.78, 5) is 20.4. The van der Waals surface area contributed by atoms with Crippen molar-refractivity contribution in [2.75, 3.05) is 0 Å². The summed E-state index contributed by atoms with van der Waals surface area (Å²) in [6.07, 6.45) is 9.44. The number of ketones is 1. The van der Waals surface area contributed by atoms with Gasteiger partial charge in [-0.05, 0) is 36.8 Å². The molecule has 0 radical (unpaired) electrons. The molecule has 0 aliphatic heterocycles. The summed E-state index contributed by atoms with van der Waals surface area (Å²) in [5.41, 5.74) is 1.77. The van der Waals surface area contributed by atoms with Crippen LogP contribution in [0.1, 0.15) is 56.4 Å². The predicted molar refractivity (Wildman–Crippen MR) is 85.3 cm³/mol. The van der Waals surface area contributed by atoms with Gasteiger partial charge in [0.25, 0.3) is 0 Å². The van der Waals surface area contributed by atoms with Crippen molar-refractivity contribution < 1.29 is 4.79 Å². The zero-order valence-electron chi connectivity index (χ0n) is 12.9. The lowest BCUT2D eigenvalue weighted by atomic mass is 9.70. The van der Waals surface area contributed by atoms with Crippen LogP contribution >= 0.6 is 0 Å². The highest BCUT2D eigenvalue weighted by molar-refractivity contribution is 6.00. The number of nitrogens with zero attached hydrogens (tertiary/aromatic N) is 1. The van der Waals surface area contributed by atoms with Gasteiger partial charge in [-0.15, -0.1) is 0 Å². The number of H-pyrrole nitrogens is 1. The molecule has 0 spiro atoms. The van der Waals surface area contributed by atoms with Gasteiger partial charge in [0.1, 0.15) is 0 Å². The summed E-state index contributed by atoms with van der Waals surface area (Å²) in [5.74, 6) is 1.66. The molecular formula is C18H24N2O. The minimum Gasteiger partial charge on any atom is -0.352 e. The molecule has 0 aromatic carbocycles. The number of aromatic nitrogens is 2. The van der Waals surface area contributed by atoms with Crippen molar-refractivity contribution in [1.82, 2.24) is 9.97 Å². The number of carbonyl (C=O) groups is 1. The highest BCUT2D eigenvalue weighted by Crippen LogP contribution is 2.38. The Hall–Kier alpha value is -1.64. The molecule has 1 aliphatic rings. The van der Waals surface area contributed by atoms with E-state index in [0.717, 1.165) is 29.4 Å². The molecule has 1 fully saturated rings. The van der Waals surface area contributed by atoms with Crippen LogP contribution in [0, 0.1) is 17.8 Å². The summed E-state index contributed by atoms with van der Waals surface area (Å²) in [5, 5.41) is 1.02. The van der Waals surface area contributed by atoms with Gasteiger partial charge in [0, 0.05) is 29.2 Å². The van der Waals surface area contributed by atoms with Crippen LogP contribution in [0.5, 0.6) is 0 Å². The minimum absolute atomic E-state index is 0.190. The molecule has 21 heavy (non-hydrogen) atoms. The fourth-order valence-corrected chi connectivity index (χ4v) is 3.77. The van der Waals surface area contributed by atoms with E-state index >= 15 is 0 Å². The van der Waals surface area contributed by atoms with E-state index in [2.05, 4.69) is 23.8 Å². The average Bonchev–Trinajstić information content (AvgIpc) is 2.97. The number of hydrogen-bond acceptors (Lipinski definition) is 2. The third kappa shape index (κ3) is 2.74. The smallest absolute Gasteiger partial charge is 0.182 e. The van der Waals surface area contributed by atoms with E-state index in [1.807, 2.05) is 18.3 Å². The molecule has 3 unspecified atom stereocenters. The van der Waals surface area contributed by atoms with Crippen LogP contribution in [-0.4, -0.2) is 15.8 Å². The van der Waals surface area contributed by atoms with Crippen LogP contribution in [0.3, 0.4) is 0 Å². The first-order chi connectivity index (χ1) is 10.2. The fourth-order valence-electron chi connectivity index (χ4n) is 3.77. The third-order valence-corrected chi connectivity index (χ3v) is 5.22. The summed E-state index contributed by atoms with van der Waals surface area (Å²) in [7, 11) is 0. The Bertz CT molecular complexity index is 598. The molecule has 2 aromatic heterocycles. The Kier molecular flexibility index (Phi) is 4.09. The first-order valence-electron chi connectivity index (χ1n) is 8.17. The number of nitrogens with one attached hydrogen (secondary N) is 1. The van der Waals surface area contributed by atoms with E-state index in [9.17, 15) is 4.79 Å². The van der Waals surface area contributed by atoms with Gasteiger partial charge in [-0.2, -0.15) is 0 Å². The molecule has 3 atom stereocenters. The van der Waals surface area contributed by atoms with E-state index in [1.165, 1.54) is 19.3 Å². The van der Waals surface area contributed by atoms with Gasteiger partial charge in [0.15, 0.2) is 5.78 Å². The fraction of sp³-hybridized carbons (Fsp3) is 0.556. The number of fused-ring (bicyclic) bond motifs is 1. The molecule has 1 N–H and O–H groups in total. The number of Topliss-reactive ketones (excluding diaryl/α,β-unsaturated/α-hetero) is 1. The van der Waals surface area contributed by atoms with Crippen LogP contribution in [0.25, 0.3) is 10.9 Å². The van der Waals surface area contributed by atoms with Crippen molar-refractivity contribution in [2.24, 2.45) is 17.8 Å². The van der Waals surface area contributed by atoms with Crippen LogP contribution in [0.15, 0.2) is 24.5 Å². The number of rotatable bonds is 4. The lowest BCUT2D eigenvalue weighted by Crippen LogP contribution is -2.31. The lowest BCUT2D eigenvalue weighted by Gasteiger charge is -2.34. The third-order valence-electron chi connectivity index (χ3n) is 5.22. The van der Waals surface area contributed by atoms with Gasteiger partial charge in [0.05, 0.1) is 5.69 Å². The Labute approximate surface area is 126 Å². The Balaban J connectivity index is 1.88. The monoisotopic (exact) mass is 284 g/mol. The highest BCUT2D eigenvalue weighted by atomic mass is 16.1. The molecule has 112 valence electrons. The summed E-state index contributed by atoms with van der Waals surface area (Å²) in [6.45, 7) is 4.53. The van der Waals surface area contributed by atoms with Gasteiger partial charge >= 0.3 is 0 Å². The molecule has 0 bridgehead atoms. The second-order valence-corrected chi connectivity index (χ2v) is 6.45. The van der Waals surface area contributed by atoms with Crippen molar-refractivity contribution >= 4 is 16.7 Å². The molecule has 2 heterocycles. The molecule has 1 saturated carbocycles. The number of pyridine rings is 1. The van der Waals surface area contributed by atoms with Crippen LogP contribution < -0.4 is 0 Å². The van der Waals surface area contributed by atoms with E-state index in [1.54, 1.807) is 6.20 Å². The second kappa shape index (κ2) is 6.00. The zero-order chi connectivity index (χ0) is 14.8. The Morgan fingerprint density at radius 3 is 3.00 bits per heavy atom. The quantitative estimate of drug-likeness (QED) is 0.834. The Morgan fingerprint density at radius 1 is 1.43 bits per heavy atom. The van der Waals surface area contributed by atoms with E-state index < -0.39 is 0 Å². The van der Waals surface area contributed by atoms with E-state index in [4.69, 9.17) is 0 Å². The van der Waals surface area contributed by atoms with Gasteiger partial charge in [-0.1, -0.05) is 33.1 Å². The van der Waals surface area contributed by atoms with Crippen molar-refractivity contribution in [3.05, 3.63) is 30.2 Å². The summed E-state index contributed by atoms with van der Waals surface area (Å²) in [6, 6.07) is 3.89. The lowest BCUT2D eigenvalue weighted by molar-refractivity contribution is 0.0758. The maximum atomic E-state index is 12.9. The van der Waals surface area contributed by atoms with Crippen molar-refractivity contribution in [3.8, 4) is 0 Å². The minimum atomic E-state index is 0.190. The molecule has 3 nitrogen and oxygen atoms in total. The predicted octanol–water partition coefficient (Wildman–Crippen LogP) is 4.60. The highest BCUT2D eigenvalue weighted by Gasteiger charge is 2.34. The summed E-state index contributed by atoms with van der Waals surface area (Å²) < 4.78 is 0. The van der Waals surface area contributed by atoms with E-state index in [-0.39, 0.29) is 5.92 Å². The first kappa shape index (κ1) is 14.3. The van der Waals surface area contributed by atoms with Crippen molar-refractivity contribution in [1.29, 1.82) is 0 Å². The van der Waals surface area contributed by atoms with Gasteiger partial charge in [-0.3, -0.25) is 9.78 Å². The maximum absolute atomic E-state index is 12.9. The SMILES string of the molecule is CCC(C)C1CCCCC1C(=O)c1cc2cnccc2[nH]1. The molecule has 3 heteroatoms. The largest absolute Gasteiger partial charge is 0.352 e. The molecule has 3 rings (SSSR count). The molecule has 0 saturated heterocycles. The molecular weight excluding hydrogens is 260 g/mol. The standard InChI is InChI=1S/C18H24N2O/c1-3-12(2)14-6-4-5-7-15(14)18(21)17-10-13-11-19-9-8-16(13)20-17/h8-12,14-15,20H,3-7H2,1-2H3. The summed E-state index contributed by atoms with van der Waals surface area (Å²) >= 11 is 0. The number of aromatic amines is 1. The first-order valence-corrected chi connectivity index (χ1v) is 8.17. The normalized spacial score (nSPS) is 24.1. The van der Waals surface area contributed by atoms with E-state index in [0.29, 0.717) is 17.6 Å². The topological polar surface area (TPSA) is 45.8 Å². The zero-order valence-corrected chi connectivity index (χ0v) is 12.9. The van der Waals surface area contributed by atoms with Crippen molar-refractivity contribution in [3.63, 3.8) is 0 Å². The van der Waals surface area contributed by atoms with Crippen LogP contribution in [0.2, 0.25) is 0 Å². The van der Waals surface area contributed by atoms with Gasteiger partial charge in [-0.25, -0.2) is 0 Å². The molecule has 1 aliphatic carbocycles. The number of hydrogen-bond donors (Lipinski definition) is 1. The molecule has 0 amide bonds. The van der Waals surface area contributed by atoms with Crippen molar-refractivity contribution in [2.45, 2.75) is 46.0 Å². The maximum Gasteiger partial charge on any atom is 0.182 e. The van der Waals surface area contributed by atoms with Gasteiger partial charge < -0.3 is 4.98 Å². The van der Waals surface area contributed by atoms with Crippen LogP contribution in [-0.2, 0) is 0 Å². The van der Waals surface area contributed by atoms with Crippen LogP contribution in [0.4, 0.5) is 0 Å². The second-order valence-electron chi connectivity index (χ2n) is 6.45. The number of carbonyl (C=O) groups excluding carboxylic acids is 1. The average molecular weight is 284 g/mol. The Morgan fingerprint density at radius 2 is 2.24 bits per heavy atom. The molecule has 2 aromatic rings. The van der Waals surface area contributed by atoms with Gasteiger partial charge in [0.2, 0.25) is 0 Å².